The average Bonchev–Trinajstić information content (AvgIpc) is 3.35. The molecule has 0 amide bonds. The van der Waals surface area contributed by atoms with Crippen molar-refractivity contribution in [3.8, 4) is 21.9 Å². The highest BCUT2D eigenvalue weighted by Gasteiger charge is 2.22. The number of hydrogen-bond donors (Lipinski definition) is 0. The molecule has 1 heterocycles. The molecular weight excluding hydrogens is 592 g/mol. The Hall–Kier alpha value is -4.48. The molecule has 0 saturated carbocycles. The summed E-state index contributed by atoms with van der Waals surface area (Å²) in [5, 5.41) is 18.5. The fourth-order valence-electron chi connectivity index (χ4n) is 2.97. The molecule has 17 heteroatoms. The number of carbonyl (C=O) groups excluding carboxylic acids is 3. The predicted molar refractivity (Wildman–Crippen MR) is 141 cm³/mol. The van der Waals surface area contributed by atoms with Gasteiger partial charge in [-0.05, 0) is 48.0 Å². The van der Waals surface area contributed by atoms with Crippen molar-refractivity contribution in [2.24, 2.45) is 0 Å². The van der Waals surface area contributed by atoms with Gasteiger partial charge in [-0.15, -0.1) is 20.2 Å². The molecule has 1 atom stereocenters. The van der Waals surface area contributed by atoms with E-state index in [9.17, 15) is 34.6 Å². The highest BCUT2D eigenvalue weighted by Crippen LogP contribution is 2.30. The van der Waals surface area contributed by atoms with E-state index >= 15 is 0 Å². The lowest BCUT2D eigenvalue weighted by Gasteiger charge is -2.15. The molecule has 0 N–H and O–H groups in total. The van der Waals surface area contributed by atoms with Crippen molar-refractivity contribution in [3.63, 3.8) is 0 Å². The Kier molecular flexibility index (Phi) is 11.0. The second-order valence-corrected chi connectivity index (χ2v) is 10.4. The number of nitrogens with zero attached hydrogens (tertiary/aromatic N) is 2. The lowest BCUT2D eigenvalue weighted by Crippen LogP contribution is -2.30. The van der Waals surface area contributed by atoms with Crippen molar-refractivity contribution >= 4 is 50.8 Å². The second-order valence-electron chi connectivity index (χ2n) is 7.53. The van der Waals surface area contributed by atoms with E-state index in [4.69, 9.17) is 26.4 Å². The number of rotatable bonds is 14. The number of ether oxygens (including phenoxy) is 3. The fraction of sp³-hybridized carbons (Fsp3) is 0.217. The highest BCUT2D eigenvalue weighted by molar-refractivity contribution is 7.80. The zero-order valence-electron chi connectivity index (χ0n) is 20.1. The summed E-state index contributed by atoms with van der Waals surface area (Å²) < 4.78 is 16.1. The normalized spacial score (nSPS) is 11.1. The first-order valence-corrected chi connectivity index (χ1v) is 13.6. The molecule has 2 aromatic carbocycles. The van der Waals surface area contributed by atoms with E-state index in [2.05, 4.69) is 9.68 Å². The van der Waals surface area contributed by atoms with Gasteiger partial charge in [-0.3, -0.25) is 9.59 Å². The van der Waals surface area contributed by atoms with Crippen molar-refractivity contribution in [2.75, 3.05) is 13.2 Å². The van der Waals surface area contributed by atoms with Gasteiger partial charge in [0.1, 0.15) is 34.1 Å². The third kappa shape index (κ3) is 9.68. The van der Waals surface area contributed by atoms with Crippen LogP contribution in [0.1, 0.15) is 23.2 Å². The standard InChI is InChI=1S/C23H18N2O12S3/c26-20(35-15-7-5-14(6-8-15)19-11-22(38)40-39-19)9-10-21(27)36-18-4-2-1-3-17(18)23(28)33-12-16(37-25(31)32)13-34-24(29)30/h1-8,11,16H,9-10,12-13H2. The zero-order valence-corrected chi connectivity index (χ0v) is 22.6. The van der Waals surface area contributed by atoms with Gasteiger partial charge in [-0.25, -0.2) is 4.79 Å². The van der Waals surface area contributed by atoms with E-state index in [0.717, 1.165) is 14.3 Å². The van der Waals surface area contributed by atoms with Gasteiger partial charge in [-0.1, -0.05) is 45.0 Å². The summed E-state index contributed by atoms with van der Waals surface area (Å²) >= 11 is 5.13. The van der Waals surface area contributed by atoms with E-state index < -0.39 is 47.4 Å². The van der Waals surface area contributed by atoms with Gasteiger partial charge >= 0.3 is 17.9 Å². The van der Waals surface area contributed by atoms with Crippen LogP contribution in [-0.2, 0) is 24.0 Å². The highest BCUT2D eigenvalue weighted by atomic mass is 32.9. The molecule has 0 saturated heterocycles. The molecule has 1 unspecified atom stereocenters. The van der Waals surface area contributed by atoms with Gasteiger partial charge in [0, 0.05) is 4.88 Å². The van der Waals surface area contributed by atoms with E-state index in [1.807, 2.05) is 6.07 Å². The van der Waals surface area contributed by atoms with Gasteiger partial charge in [0.2, 0.25) is 0 Å². The number of carbonyl (C=O) groups is 3. The summed E-state index contributed by atoms with van der Waals surface area (Å²) in [5.41, 5.74) is 0.701. The Balaban J connectivity index is 1.50. The maximum Gasteiger partial charge on any atom is 0.342 e. The molecule has 40 heavy (non-hydrogen) atoms. The third-order valence-electron chi connectivity index (χ3n) is 4.70. The van der Waals surface area contributed by atoms with Crippen LogP contribution in [0.15, 0.2) is 54.6 Å². The molecule has 14 nitrogen and oxygen atoms in total. The van der Waals surface area contributed by atoms with Crippen molar-refractivity contribution in [3.05, 3.63) is 84.2 Å². The molecule has 3 aromatic rings. The summed E-state index contributed by atoms with van der Waals surface area (Å²) in [4.78, 5) is 67.1. The van der Waals surface area contributed by atoms with E-state index in [0.29, 0.717) is 0 Å². The molecule has 3 rings (SSSR count). The van der Waals surface area contributed by atoms with Crippen molar-refractivity contribution in [2.45, 2.75) is 18.9 Å². The lowest BCUT2D eigenvalue weighted by molar-refractivity contribution is -0.790. The van der Waals surface area contributed by atoms with E-state index in [1.165, 1.54) is 44.9 Å². The van der Waals surface area contributed by atoms with Gasteiger partial charge in [0.25, 0.3) is 10.2 Å². The summed E-state index contributed by atoms with van der Waals surface area (Å²) in [6.45, 7) is -1.64. The summed E-state index contributed by atoms with van der Waals surface area (Å²) in [6, 6.07) is 14.1. The Labute approximate surface area is 237 Å². The van der Waals surface area contributed by atoms with Crippen molar-refractivity contribution < 1.29 is 48.4 Å². The summed E-state index contributed by atoms with van der Waals surface area (Å²) in [6.07, 6.45) is -2.26. The summed E-state index contributed by atoms with van der Waals surface area (Å²) in [5.74, 6) is -2.50. The number of esters is 3. The maximum atomic E-state index is 12.5. The van der Waals surface area contributed by atoms with Gasteiger partial charge < -0.3 is 23.9 Å². The maximum absolute atomic E-state index is 12.5. The molecule has 0 fully saturated rings. The van der Waals surface area contributed by atoms with Crippen LogP contribution in [0.5, 0.6) is 11.5 Å². The van der Waals surface area contributed by atoms with Crippen LogP contribution < -0.4 is 9.47 Å². The first kappa shape index (κ1) is 30.1. The third-order valence-corrected chi connectivity index (χ3v) is 7.61. The molecule has 0 aliphatic heterocycles. The van der Waals surface area contributed by atoms with Crippen molar-refractivity contribution in [1.29, 1.82) is 0 Å². The number of para-hydroxylation sites is 1. The Bertz CT molecular complexity index is 1440. The van der Waals surface area contributed by atoms with Crippen LogP contribution in [-0.4, -0.2) is 47.4 Å². The summed E-state index contributed by atoms with van der Waals surface area (Å²) in [7, 11) is 3.02. The SMILES string of the molecule is O=C(CCC(=O)Oc1ccccc1C(=O)OCC(CO[N+](=O)[O-])O[N+](=O)[O-])Oc1ccc(-c2cc(=S)ss2)cc1. The van der Waals surface area contributed by atoms with Crippen LogP contribution >= 0.6 is 32.9 Å². The van der Waals surface area contributed by atoms with Gasteiger partial charge in [0.05, 0.1) is 12.8 Å². The fourth-order valence-corrected chi connectivity index (χ4v) is 5.37. The van der Waals surface area contributed by atoms with Crippen molar-refractivity contribution in [1.82, 2.24) is 0 Å². The predicted octanol–water partition coefficient (Wildman–Crippen LogP) is 4.44. The van der Waals surface area contributed by atoms with Crippen LogP contribution in [0.25, 0.3) is 10.4 Å². The van der Waals surface area contributed by atoms with Crippen LogP contribution in [0, 0.1) is 24.1 Å². The minimum Gasteiger partial charge on any atom is -0.460 e. The molecule has 0 spiro atoms. The Morgan fingerprint density at radius 2 is 1.55 bits per heavy atom. The second kappa shape index (κ2) is 14.6. The first-order valence-electron chi connectivity index (χ1n) is 11.1. The monoisotopic (exact) mass is 610 g/mol. The molecule has 0 aliphatic carbocycles. The molecule has 0 bridgehead atoms. The van der Waals surface area contributed by atoms with Gasteiger partial charge in [0.15, 0.2) is 6.10 Å². The molecule has 210 valence electrons. The Morgan fingerprint density at radius 1 is 0.875 bits per heavy atom. The van der Waals surface area contributed by atoms with Crippen LogP contribution in [0.4, 0.5) is 0 Å². The topological polar surface area (TPSA) is 184 Å². The largest absolute Gasteiger partial charge is 0.460 e. The molecule has 1 aromatic heterocycles. The minimum atomic E-state index is -1.59. The average molecular weight is 611 g/mol. The Morgan fingerprint density at radius 3 is 2.17 bits per heavy atom. The first-order chi connectivity index (χ1) is 19.1. The smallest absolute Gasteiger partial charge is 0.342 e. The zero-order chi connectivity index (χ0) is 29.1. The number of hydrogen-bond acceptors (Lipinski definition) is 15. The quantitative estimate of drug-likeness (QED) is 0.0624. The van der Waals surface area contributed by atoms with Crippen LogP contribution in [0.2, 0.25) is 0 Å². The minimum absolute atomic E-state index is 0.202. The number of benzene rings is 2. The lowest BCUT2D eigenvalue weighted by atomic mass is 10.2. The molecule has 0 aliphatic rings. The van der Waals surface area contributed by atoms with E-state index in [1.54, 1.807) is 24.3 Å². The van der Waals surface area contributed by atoms with Gasteiger partial charge in [-0.2, -0.15) is 0 Å². The van der Waals surface area contributed by atoms with Crippen LogP contribution in [0.3, 0.4) is 0 Å². The molecular formula is C23H18N2O12S3. The van der Waals surface area contributed by atoms with E-state index in [-0.39, 0.29) is 29.9 Å². The molecule has 0 radical (unpaired) electrons.